The molecule has 4 aliphatic rings. The van der Waals surface area contributed by atoms with E-state index in [2.05, 4.69) is 20.8 Å². The molecule has 4 rings (SSSR count). The summed E-state index contributed by atoms with van der Waals surface area (Å²) < 4.78 is 0. The molecule has 0 aromatic carbocycles. The van der Waals surface area contributed by atoms with Gasteiger partial charge in [0.15, 0.2) is 0 Å². The summed E-state index contributed by atoms with van der Waals surface area (Å²) in [6.45, 7) is 9.33. The molecule has 0 amide bonds. The highest BCUT2D eigenvalue weighted by Crippen LogP contribution is 2.68. The molecule has 3 nitrogen and oxygen atoms in total. The summed E-state index contributed by atoms with van der Waals surface area (Å²) in [4.78, 5) is 11.4. The molecular formula is C25H42O3. The van der Waals surface area contributed by atoms with Gasteiger partial charge in [0.1, 0.15) is 0 Å². The number of aliphatic hydroxyl groups is 1. The zero-order valence-electron chi connectivity index (χ0n) is 18.5. The average molecular weight is 391 g/mol. The molecule has 3 heteroatoms. The molecule has 4 aliphatic carbocycles. The molecule has 2 N–H and O–H groups in total. The van der Waals surface area contributed by atoms with Gasteiger partial charge >= 0.3 is 5.97 Å². The Hall–Kier alpha value is -0.570. The molecule has 0 aromatic rings. The lowest BCUT2D eigenvalue weighted by Crippen LogP contribution is -2.54. The van der Waals surface area contributed by atoms with Crippen LogP contribution in [0.15, 0.2) is 0 Å². The van der Waals surface area contributed by atoms with Gasteiger partial charge in [-0.1, -0.05) is 27.7 Å². The standard InChI is InChI=1S/C25H42O3/c1-15(13-16(2)23(27)28)20-7-8-21-19-6-5-17-14-18(26)9-11-24(17,3)22(19)10-12-25(20,21)4/h15-22,26H,5-14H2,1-4H3,(H,27,28)/t15-,16+,17?,18-,19?,20?,21?,22?,24+,25-/m1/s1. The first-order valence-corrected chi connectivity index (χ1v) is 12.1. The molecular weight excluding hydrogens is 348 g/mol. The van der Waals surface area contributed by atoms with Crippen LogP contribution < -0.4 is 0 Å². The molecule has 28 heavy (non-hydrogen) atoms. The van der Waals surface area contributed by atoms with Gasteiger partial charge in [-0.05, 0) is 111 Å². The maximum Gasteiger partial charge on any atom is 0.306 e. The topological polar surface area (TPSA) is 57.5 Å². The van der Waals surface area contributed by atoms with Crippen molar-refractivity contribution in [3.63, 3.8) is 0 Å². The second kappa shape index (κ2) is 7.29. The lowest BCUT2D eigenvalue weighted by atomic mass is 9.44. The molecule has 160 valence electrons. The van der Waals surface area contributed by atoms with Gasteiger partial charge in [-0.15, -0.1) is 0 Å². The van der Waals surface area contributed by atoms with Crippen LogP contribution in [0.1, 0.15) is 91.9 Å². The van der Waals surface area contributed by atoms with Gasteiger partial charge in [-0.3, -0.25) is 4.79 Å². The first-order valence-electron chi connectivity index (χ1n) is 12.1. The molecule has 4 fully saturated rings. The second-order valence-corrected chi connectivity index (χ2v) is 11.8. The van der Waals surface area contributed by atoms with Gasteiger partial charge in [0.2, 0.25) is 0 Å². The highest BCUT2D eigenvalue weighted by atomic mass is 16.4. The number of fused-ring (bicyclic) bond motifs is 5. The van der Waals surface area contributed by atoms with Crippen molar-refractivity contribution in [2.24, 2.45) is 52.3 Å². The molecule has 10 atom stereocenters. The SMILES string of the molecule is C[C@H](C[C@H](C)C(=O)O)C1CCC2C3CCC4C[C@H](O)CC[C@]4(C)C3CC[C@@]21C. The van der Waals surface area contributed by atoms with Crippen LogP contribution in [0, 0.1) is 52.3 Å². The zero-order chi connectivity index (χ0) is 20.3. The Bertz CT molecular complexity index is 603. The molecule has 0 saturated heterocycles. The summed E-state index contributed by atoms with van der Waals surface area (Å²) in [7, 11) is 0. The first kappa shape index (κ1) is 20.7. The third-order valence-electron chi connectivity index (χ3n) is 10.5. The van der Waals surface area contributed by atoms with Crippen LogP contribution in [0.25, 0.3) is 0 Å². The average Bonchev–Trinajstić information content (AvgIpc) is 2.99. The number of rotatable bonds is 4. The minimum atomic E-state index is -0.638. The number of carbonyl (C=O) groups is 1. The van der Waals surface area contributed by atoms with E-state index in [1.807, 2.05) is 6.92 Å². The first-order chi connectivity index (χ1) is 13.2. The minimum absolute atomic E-state index is 0.0589. The molecule has 5 unspecified atom stereocenters. The van der Waals surface area contributed by atoms with Crippen LogP contribution in [0.4, 0.5) is 0 Å². The fourth-order valence-corrected chi connectivity index (χ4v) is 9.03. The lowest BCUT2D eigenvalue weighted by Gasteiger charge is -2.61. The Morgan fingerprint density at radius 2 is 1.64 bits per heavy atom. The normalized spacial score (nSPS) is 50.2. The van der Waals surface area contributed by atoms with E-state index >= 15 is 0 Å². The Balaban J connectivity index is 1.51. The van der Waals surface area contributed by atoms with Crippen LogP contribution in [-0.2, 0) is 4.79 Å². The number of carboxylic acid groups (broad SMARTS) is 1. The Kier molecular flexibility index (Phi) is 5.39. The largest absolute Gasteiger partial charge is 0.481 e. The van der Waals surface area contributed by atoms with Gasteiger partial charge in [-0.2, -0.15) is 0 Å². The van der Waals surface area contributed by atoms with E-state index in [-0.39, 0.29) is 12.0 Å². The van der Waals surface area contributed by atoms with Gasteiger partial charge in [-0.25, -0.2) is 0 Å². The predicted molar refractivity (Wildman–Crippen MR) is 112 cm³/mol. The fourth-order valence-electron chi connectivity index (χ4n) is 9.03. The number of aliphatic carboxylic acids is 1. The molecule has 0 radical (unpaired) electrons. The number of hydrogen-bond donors (Lipinski definition) is 2. The van der Waals surface area contributed by atoms with Crippen molar-refractivity contribution in [1.29, 1.82) is 0 Å². The predicted octanol–water partition coefficient (Wildman–Crippen LogP) is 5.75. The Morgan fingerprint density at radius 3 is 2.36 bits per heavy atom. The molecule has 4 saturated carbocycles. The van der Waals surface area contributed by atoms with Crippen molar-refractivity contribution in [3.8, 4) is 0 Å². The molecule has 0 aromatic heterocycles. The van der Waals surface area contributed by atoms with Gasteiger partial charge < -0.3 is 10.2 Å². The summed E-state index contributed by atoms with van der Waals surface area (Å²) in [5, 5.41) is 19.6. The number of carboxylic acids is 1. The summed E-state index contributed by atoms with van der Waals surface area (Å²) >= 11 is 0. The lowest BCUT2D eigenvalue weighted by molar-refractivity contribution is -0.142. The van der Waals surface area contributed by atoms with Gasteiger partial charge in [0.05, 0.1) is 12.0 Å². The van der Waals surface area contributed by atoms with Crippen LogP contribution >= 0.6 is 0 Å². The van der Waals surface area contributed by atoms with Crippen molar-refractivity contribution in [1.82, 2.24) is 0 Å². The molecule has 0 aliphatic heterocycles. The summed E-state index contributed by atoms with van der Waals surface area (Å²) in [6, 6.07) is 0. The van der Waals surface area contributed by atoms with E-state index in [0.717, 1.165) is 42.9 Å². The molecule has 0 heterocycles. The highest BCUT2D eigenvalue weighted by molar-refractivity contribution is 5.69. The maximum atomic E-state index is 11.4. The molecule has 0 bridgehead atoms. The van der Waals surface area contributed by atoms with E-state index in [0.29, 0.717) is 22.7 Å². The maximum absolute atomic E-state index is 11.4. The van der Waals surface area contributed by atoms with Crippen LogP contribution in [0.3, 0.4) is 0 Å². The minimum Gasteiger partial charge on any atom is -0.481 e. The monoisotopic (exact) mass is 390 g/mol. The summed E-state index contributed by atoms with van der Waals surface area (Å²) in [6.07, 6.45) is 12.1. The smallest absolute Gasteiger partial charge is 0.306 e. The van der Waals surface area contributed by atoms with E-state index in [9.17, 15) is 15.0 Å². The van der Waals surface area contributed by atoms with E-state index in [4.69, 9.17) is 0 Å². The van der Waals surface area contributed by atoms with Crippen molar-refractivity contribution in [2.75, 3.05) is 0 Å². The summed E-state index contributed by atoms with van der Waals surface area (Å²) in [5.74, 6) is 3.62. The number of hydrogen-bond acceptors (Lipinski definition) is 2. The highest BCUT2D eigenvalue weighted by Gasteiger charge is 2.60. The van der Waals surface area contributed by atoms with Crippen LogP contribution in [-0.4, -0.2) is 22.3 Å². The van der Waals surface area contributed by atoms with E-state index in [1.54, 1.807) is 0 Å². The van der Waals surface area contributed by atoms with Gasteiger partial charge in [0, 0.05) is 0 Å². The quantitative estimate of drug-likeness (QED) is 0.642. The van der Waals surface area contributed by atoms with Crippen molar-refractivity contribution >= 4 is 5.97 Å². The van der Waals surface area contributed by atoms with E-state index in [1.165, 1.54) is 44.9 Å². The zero-order valence-corrected chi connectivity index (χ0v) is 18.5. The fraction of sp³-hybridized carbons (Fsp3) is 0.960. The second-order valence-electron chi connectivity index (χ2n) is 11.8. The Labute approximate surface area is 171 Å². The van der Waals surface area contributed by atoms with Crippen LogP contribution in [0.2, 0.25) is 0 Å². The van der Waals surface area contributed by atoms with Crippen molar-refractivity contribution in [2.45, 2.75) is 98.0 Å². The Morgan fingerprint density at radius 1 is 0.964 bits per heavy atom. The van der Waals surface area contributed by atoms with Crippen LogP contribution in [0.5, 0.6) is 0 Å². The third-order valence-corrected chi connectivity index (χ3v) is 10.5. The number of aliphatic hydroxyl groups excluding tert-OH is 1. The van der Waals surface area contributed by atoms with Gasteiger partial charge in [0.25, 0.3) is 0 Å². The summed E-state index contributed by atoms with van der Waals surface area (Å²) in [5.41, 5.74) is 0.862. The van der Waals surface area contributed by atoms with Crippen molar-refractivity contribution in [3.05, 3.63) is 0 Å². The molecule has 0 spiro atoms. The third kappa shape index (κ3) is 3.15. The van der Waals surface area contributed by atoms with Crippen molar-refractivity contribution < 1.29 is 15.0 Å². The van der Waals surface area contributed by atoms with E-state index < -0.39 is 5.97 Å².